The van der Waals surface area contributed by atoms with E-state index in [9.17, 15) is 4.79 Å². The minimum Gasteiger partial charge on any atom is -0.369 e. The summed E-state index contributed by atoms with van der Waals surface area (Å²) >= 11 is 6.29. The Kier molecular flexibility index (Phi) is 5.26. The van der Waals surface area contributed by atoms with Gasteiger partial charge in [0.05, 0.1) is 10.7 Å². The van der Waals surface area contributed by atoms with Gasteiger partial charge in [-0.2, -0.15) is 0 Å². The van der Waals surface area contributed by atoms with Gasteiger partial charge >= 0.3 is 0 Å². The lowest BCUT2D eigenvalue weighted by Crippen LogP contribution is -2.43. The van der Waals surface area contributed by atoms with Gasteiger partial charge in [0.25, 0.3) is 0 Å². The van der Waals surface area contributed by atoms with Crippen LogP contribution in [0, 0.1) is 0 Å². The summed E-state index contributed by atoms with van der Waals surface area (Å²) in [6.45, 7) is 5.03. The number of carbonyl (C=O) groups is 1. The van der Waals surface area contributed by atoms with Gasteiger partial charge in [-0.15, -0.1) is 0 Å². The largest absolute Gasteiger partial charge is 0.369 e. The van der Waals surface area contributed by atoms with Crippen molar-refractivity contribution >= 4 is 23.2 Å². The molecule has 1 fully saturated rings. The fourth-order valence-electron chi connectivity index (χ4n) is 2.66. The van der Waals surface area contributed by atoms with Crippen molar-refractivity contribution in [3.8, 4) is 0 Å². The second kappa shape index (κ2) is 6.95. The zero-order chi connectivity index (χ0) is 14.5. The van der Waals surface area contributed by atoms with Gasteiger partial charge in [-0.1, -0.05) is 18.0 Å². The quantitative estimate of drug-likeness (QED) is 0.877. The van der Waals surface area contributed by atoms with Crippen LogP contribution in [-0.2, 0) is 0 Å². The summed E-state index contributed by atoms with van der Waals surface area (Å²) in [6, 6.07) is 5.78. The van der Waals surface area contributed by atoms with Crippen LogP contribution in [0.25, 0.3) is 0 Å². The number of carbonyl (C=O) groups excluding carboxylic acids is 1. The lowest BCUT2D eigenvalue weighted by molar-refractivity contribution is 0.100. The van der Waals surface area contributed by atoms with Crippen molar-refractivity contribution in [2.24, 2.45) is 5.73 Å². The maximum Gasteiger partial charge on any atom is 0.248 e. The summed E-state index contributed by atoms with van der Waals surface area (Å²) in [4.78, 5) is 13.4. The third kappa shape index (κ3) is 3.64. The van der Waals surface area contributed by atoms with Gasteiger partial charge in [0.1, 0.15) is 0 Å². The Morgan fingerprint density at radius 2 is 2.30 bits per heavy atom. The average Bonchev–Trinajstić information content (AvgIpc) is 2.46. The van der Waals surface area contributed by atoms with Gasteiger partial charge in [-0.3, -0.25) is 4.79 Å². The number of piperidine rings is 1. The zero-order valence-electron chi connectivity index (χ0n) is 11.9. The third-order valence-corrected chi connectivity index (χ3v) is 4.11. The first kappa shape index (κ1) is 15.1. The molecule has 1 saturated heterocycles. The van der Waals surface area contributed by atoms with Crippen molar-refractivity contribution in [2.45, 2.75) is 32.2 Å². The van der Waals surface area contributed by atoms with Gasteiger partial charge in [-0.25, -0.2) is 0 Å². The van der Waals surface area contributed by atoms with Gasteiger partial charge in [0.2, 0.25) is 5.91 Å². The predicted octanol–water partition coefficient (Wildman–Crippen LogP) is 2.41. The molecule has 1 aliphatic heterocycles. The molecule has 1 aliphatic rings. The predicted molar refractivity (Wildman–Crippen MR) is 83.5 cm³/mol. The average molecular weight is 296 g/mol. The molecule has 1 heterocycles. The van der Waals surface area contributed by atoms with E-state index in [0.29, 0.717) is 16.6 Å². The van der Waals surface area contributed by atoms with Gasteiger partial charge in [0.15, 0.2) is 0 Å². The molecule has 20 heavy (non-hydrogen) atoms. The van der Waals surface area contributed by atoms with Crippen molar-refractivity contribution in [3.63, 3.8) is 0 Å². The molecule has 0 radical (unpaired) electrons. The molecule has 1 aromatic rings. The summed E-state index contributed by atoms with van der Waals surface area (Å²) < 4.78 is 0. The highest BCUT2D eigenvalue weighted by molar-refractivity contribution is 6.33. The molecular weight excluding hydrogens is 274 g/mol. The first-order chi connectivity index (χ1) is 9.61. The molecule has 3 N–H and O–H groups in total. The molecule has 0 aliphatic carbocycles. The number of hydrogen-bond acceptors (Lipinski definition) is 3. The number of likely N-dealkylation sites (N-methyl/N-ethyl adjacent to an activating group) is 1. The fourth-order valence-corrected chi connectivity index (χ4v) is 2.96. The number of nitrogens with two attached hydrogens (primary N) is 1. The molecule has 1 unspecified atom stereocenters. The molecule has 4 nitrogen and oxygen atoms in total. The van der Waals surface area contributed by atoms with Crippen molar-refractivity contribution in [2.75, 3.05) is 24.5 Å². The van der Waals surface area contributed by atoms with E-state index in [1.54, 1.807) is 12.1 Å². The SMILES string of the molecule is CCN(CC1CCCCN1)c1ccc(C(N)=O)cc1Cl. The molecule has 1 aromatic carbocycles. The van der Waals surface area contributed by atoms with Gasteiger partial charge in [-0.05, 0) is 44.5 Å². The van der Waals surface area contributed by atoms with Gasteiger partial charge in [0, 0.05) is 24.7 Å². The molecule has 1 amide bonds. The highest BCUT2D eigenvalue weighted by Gasteiger charge is 2.18. The van der Waals surface area contributed by atoms with Crippen LogP contribution < -0.4 is 16.0 Å². The van der Waals surface area contributed by atoms with E-state index in [4.69, 9.17) is 17.3 Å². The van der Waals surface area contributed by atoms with E-state index < -0.39 is 5.91 Å². The monoisotopic (exact) mass is 295 g/mol. The molecule has 110 valence electrons. The van der Waals surface area contributed by atoms with Crippen molar-refractivity contribution in [1.82, 2.24) is 5.32 Å². The standard InChI is InChI=1S/C15H22ClN3O/c1-2-19(10-12-5-3-4-8-18-12)14-7-6-11(15(17)20)9-13(14)16/h6-7,9,12,18H,2-5,8,10H2,1H3,(H2,17,20). The van der Waals surface area contributed by atoms with E-state index in [2.05, 4.69) is 17.1 Å². The molecule has 1 atom stereocenters. The Morgan fingerprint density at radius 3 is 2.85 bits per heavy atom. The Bertz CT molecular complexity index is 472. The zero-order valence-corrected chi connectivity index (χ0v) is 12.6. The lowest BCUT2D eigenvalue weighted by Gasteiger charge is -2.32. The number of anilines is 1. The molecule has 0 saturated carbocycles. The molecule has 0 spiro atoms. The third-order valence-electron chi connectivity index (χ3n) is 3.81. The van der Waals surface area contributed by atoms with Crippen LogP contribution in [-0.4, -0.2) is 31.6 Å². The Balaban J connectivity index is 2.12. The maximum atomic E-state index is 11.2. The molecular formula is C15H22ClN3O. The van der Waals surface area contributed by atoms with Crippen LogP contribution in [0.3, 0.4) is 0 Å². The van der Waals surface area contributed by atoms with Crippen LogP contribution in [0.4, 0.5) is 5.69 Å². The number of hydrogen-bond donors (Lipinski definition) is 2. The first-order valence-corrected chi connectivity index (χ1v) is 7.57. The van der Waals surface area contributed by atoms with Crippen LogP contribution in [0.1, 0.15) is 36.5 Å². The number of amides is 1. The number of halogens is 1. The van der Waals surface area contributed by atoms with Crippen LogP contribution in [0.5, 0.6) is 0 Å². The van der Waals surface area contributed by atoms with Crippen LogP contribution in [0.15, 0.2) is 18.2 Å². The smallest absolute Gasteiger partial charge is 0.248 e. The highest BCUT2D eigenvalue weighted by Crippen LogP contribution is 2.27. The van der Waals surface area contributed by atoms with E-state index >= 15 is 0 Å². The number of rotatable bonds is 5. The topological polar surface area (TPSA) is 58.4 Å². The minimum absolute atomic E-state index is 0.449. The highest BCUT2D eigenvalue weighted by atomic mass is 35.5. The Labute approximate surface area is 125 Å². The van der Waals surface area contributed by atoms with Crippen LogP contribution in [0.2, 0.25) is 5.02 Å². The summed E-state index contributed by atoms with van der Waals surface area (Å²) in [5.74, 6) is -0.449. The van der Waals surface area contributed by atoms with Crippen molar-refractivity contribution in [1.29, 1.82) is 0 Å². The summed E-state index contributed by atoms with van der Waals surface area (Å²) in [7, 11) is 0. The Morgan fingerprint density at radius 1 is 1.50 bits per heavy atom. The van der Waals surface area contributed by atoms with E-state index in [0.717, 1.165) is 25.3 Å². The fraction of sp³-hybridized carbons (Fsp3) is 0.533. The molecule has 0 bridgehead atoms. The van der Waals surface area contributed by atoms with Crippen LogP contribution >= 0.6 is 11.6 Å². The normalized spacial score (nSPS) is 18.8. The number of benzene rings is 1. The molecule has 2 rings (SSSR count). The van der Waals surface area contributed by atoms with Crippen molar-refractivity contribution in [3.05, 3.63) is 28.8 Å². The first-order valence-electron chi connectivity index (χ1n) is 7.19. The maximum absolute atomic E-state index is 11.2. The van der Waals surface area contributed by atoms with Gasteiger partial charge < -0.3 is 16.0 Å². The van der Waals surface area contributed by atoms with E-state index in [-0.39, 0.29) is 0 Å². The van der Waals surface area contributed by atoms with E-state index in [1.807, 2.05) is 6.07 Å². The second-order valence-electron chi connectivity index (χ2n) is 5.22. The number of nitrogens with one attached hydrogen (secondary N) is 1. The Hall–Kier alpha value is -1.26. The number of nitrogens with zero attached hydrogens (tertiary/aromatic N) is 1. The minimum atomic E-state index is -0.449. The lowest BCUT2D eigenvalue weighted by atomic mass is 10.0. The summed E-state index contributed by atoms with van der Waals surface area (Å²) in [6.07, 6.45) is 3.74. The molecule has 5 heteroatoms. The second-order valence-corrected chi connectivity index (χ2v) is 5.62. The van der Waals surface area contributed by atoms with E-state index in [1.165, 1.54) is 19.3 Å². The van der Waals surface area contributed by atoms with Crippen molar-refractivity contribution < 1.29 is 4.79 Å². The molecule has 0 aromatic heterocycles. The number of primary amides is 1. The summed E-state index contributed by atoms with van der Waals surface area (Å²) in [5, 5.41) is 4.13. The summed E-state index contributed by atoms with van der Waals surface area (Å²) in [5.41, 5.74) is 6.68.